The number of hydrogen-bond donors (Lipinski definition) is 1. The Balaban J connectivity index is 1.66. The van der Waals surface area contributed by atoms with Crippen LogP contribution in [0.3, 0.4) is 0 Å². The maximum atomic E-state index is 12.4. The van der Waals surface area contributed by atoms with Crippen LogP contribution in [0.1, 0.15) is 27.7 Å². The maximum absolute atomic E-state index is 12.4. The highest BCUT2D eigenvalue weighted by Crippen LogP contribution is 2.25. The van der Waals surface area contributed by atoms with Gasteiger partial charge in [0.15, 0.2) is 5.76 Å². The van der Waals surface area contributed by atoms with E-state index in [1.165, 1.54) is 0 Å². The lowest BCUT2D eigenvalue weighted by Gasteiger charge is -2.06. The van der Waals surface area contributed by atoms with Crippen molar-refractivity contribution < 1.29 is 13.9 Å². The van der Waals surface area contributed by atoms with Crippen LogP contribution in [0.15, 0.2) is 45.3 Å². The fourth-order valence-corrected chi connectivity index (χ4v) is 2.82. The number of nitrogens with one attached hydrogen (secondary N) is 1. The van der Waals surface area contributed by atoms with Crippen molar-refractivity contribution in [3.8, 4) is 5.75 Å². The lowest BCUT2D eigenvalue weighted by Crippen LogP contribution is -2.12. The molecule has 2 heterocycles. The van der Waals surface area contributed by atoms with Crippen LogP contribution in [0.4, 0.5) is 5.69 Å². The fraction of sp³-hybridized carbons (Fsp3) is 0.222. The van der Waals surface area contributed by atoms with Gasteiger partial charge >= 0.3 is 0 Å². The number of halogens is 1. The van der Waals surface area contributed by atoms with Crippen molar-refractivity contribution in [1.82, 2.24) is 9.78 Å². The van der Waals surface area contributed by atoms with Crippen LogP contribution in [0, 0.1) is 13.8 Å². The summed E-state index contributed by atoms with van der Waals surface area (Å²) in [6.45, 7) is 3.98. The number of carbonyl (C=O) groups is 1. The number of aromatic nitrogens is 2. The number of nitrogens with zero attached hydrogens (tertiary/aromatic N) is 2. The molecule has 2 aromatic heterocycles. The number of rotatable bonds is 5. The van der Waals surface area contributed by atoms with Crippen LogP contribution < -0.4 is 10.1 Å². The molecule has 0 aliphatic carbocycles. The molecule has 1 N–H and O–H groups in total. The average molecular weight is 404 g/mol. The predicted molar refractivity (Wildman–Crippen MR) is 97.8 cm³/mol. The zero-order chi connectivity index (χ0) is 18.0. The Morgan fingerprint density at radius 2 is 2.04 bits per heavy atom. The third-order valence-electron chi connectivity index (χ3n) is 3.84. The minimum atomic E-state index is -0.314. The molecule has 0 bridgehead atoms. The summed E-state index contributed by atoms with van der Waals surface area (Å²) >= 11 is 3.42. The van der Waals surface area contributed by atoms with Crippen LogP contribution in [0.2, 0.25) is 0 Å². The van der Waals surface area contributed by atoms with Gasteiger partial charge < -0.3 is 14.5 Å². The molecule has 0 saturated carbocycles. The van der Waals surface area contributed by atoms with Gasteiger partial charge in [0.05, 0.1) is 21.5 Å². The number of carbonyl (C=O) groups excluding carboxylic acids is 1. The first-order chi connectivity index (χ1) is 12.0. The lowest BCUT2D eigenvalue weighted by molar-refractivity contribution is 0.0992. The molecule has 6 nitrogen and oxygen atoms in total. The first kappa shape index (κ1) is 17.3. The summed E-state index contributed by atoms with van der Waals surface area (Å²) in [5, 5.41) is 7.13. The molecule has 0 unspecified atom stereocenters. The first-order valence-electron chi connectivity index (χ1n) is 7.73. The molecule has 1 amide bonds. The SMILES string of the molecule is Cc1nn(C)c(C)c1NC(=O)c1ccc(COc2ccccc2Br)o1. The Hall–Kier alpha value is -2.54. The van der Waals surface area contributed by atoms with E-state index in [9.17, 15) is 4.79 Å². The molecule has 0 aliphatic rings. The van der Waals surface area contributed by atoms with Crippen molar-refractivity contribution in [2.24, 2.45) is 7.05 Å². The van der Waals surface area contributed by atoms with Gasteiger partial charge in [0, 0.05) is 7.05 Å². The van der Waals surface area contributed by atoms with Crippen LogP contribution >= 0.6 is 15.9 Å². The van der Waals surface area contributed by atoms with Crippen LogP contribution in [-0.4, -0.2) is 15.7 Å². The average Bonchev–Trinajstić information content (AvgIpc) is 3.15. The number of para-hydroxylation sites is 1. The minimum absolute atomic E-state index is 0.230. The zero-order valence-corrected chi connectivity index (χ0v) is 15.8. The number of ether oxygens (including phenoxy) is 1. The summed E-state index contributed by atoms with van der Waals surface area (Å²) in [5.74, 6) is 1.20. The van der Waals surface area contributed by atoms with E-state index in [1.54, 1.807) is 16.8 Å². The number of amides is 1. The van der Waals surface area contributed by atoms with E-state index in [-0.39, 0.29) is 18.3 Å². The number of aryl methyl sites for hydroxylation is 2. The quantitative estimate of drug-likeness (QED) is 0.691. The number of anilines is 1. The van der Waals surface area contributed by atoms with Crippen LogP contribution in [0.25, 0.3) is 0 Å². The second-order valence-corrected chi connectivity index (χ2v) is 6.46. The van der Waals surface area contributed by atoms with E-state index in [2.05, 4.69) is 26.3 Å². The van der Waals surface area contributed by atoms with E-state index in [4.69, 9.17) is 9.15 Å². The molecular formula is C18H18BrN3O3. The third kappa shape index (κ3) is 3.76. The molecule has 0 saturated heterocycles. The van der Waals surface area contributed by atoms with Gasteiger partial charge in [0.25, 0.3) is 5.91 Å². The lowest BCUT2D eigenvalue weighted by atomic mass is 10.3. The van der Waals surface area contributed by atoms with E-state index in [0.717, 1.165) is 15.9 Å². The van der Waals surface area contributed by atoms with Crippen LogP contribution in [0.5, 0.6) is 5.75 Å². The van der Waals surface area contributed by atoms with E-state index >= 15 is 0 Å². The molecule has 0 spiro atoms. The Morgan fingerprint density at radius 3 is 2.72 bits per heavy atom. The zero-order valence-electron chi connectivity index (χ0n) is 14.2. The second kappa shape index (κ2) is 7.14. The van der Waals surface area contributed by atoms with E-state index in [0.29, 0.717) is 17.2 Å². The van der Waals surface area contributed by atoms with Crippen molar-refractivity contribution in [3.63, 3.8) is 0 Å². The summed E-state index contributed by atoms with van der Waals surface area (Å²) in [6.07, 6.45) is 0. The van der Waals surface area contributed by atoms with Gasteiger partial charge in [0.1, 0.15) is 18.1 Å². The molecule has 7 heteroatoms. The molecule has 0 atom stereocenters. The first-order valence-corrected chi connectivity index (χ1v) is 8.52. The Morgan fingerprint density at radius 1 is 1.28 bits per heavy atom. The Bertz CT molecular complexity index is 914. The minimum Gasteiger partial charge on any atom is -0.484 e. The van der Waals surface area contributed by atoms with Gasteiger partial charge in [-0.2, -0.15) is 5.10 Å². The van der Waals surface area contributed by atoms with Crippen molar-refractivity contribution >= 4 is 27.5 Å². The van der Waals surface area contributed by atoms with Crippen molar-refractivity contribution in [1.29, 1.82) is 0 Å². The molecule has 130 valence electrons. The summed E-state index contributed by atoms with van der Waals surface area (Å²) in [5.41, 5.74) is 2.35. The molecule has 25 heavy (non-hydrogen) atoms. The largest absolute Gasteiger partial charge is 0.484 e. The molecule has 1 aromatic carbocycles. The number of hydrogen-bond acceptors (Lipinski definition) is 4. The van der Waals surface area contributed by atoms with Crippen molar-refractivity contribution in [3.05, 3.63) is 63.8 Å². The monoisotopic (exact) mass is 403 g/mol. The smallest absolute Gasteiger partial charge is 0.291 e. The molecule has 0 fully saturated rings. The topological polar surface area (TPSA) is 69.3 Å². The number of benzene rings is 1. The van der Waals surface area contributed by atoms with Gasteiger partial charge in [0.2, 0.25) is 0 Å². The summed E-state index contributed by atoms with van der Waals surface area (Å²) < 4.78 is 13.9. The third-order valence-corrected chi connectivity index (χ3v) is 4.49. The maximum Gasteiger partial charge on any atom is 0.291 e. The second-order valence-electron chi connectivity index (χ2n) is 5.61. The summed E-state index contributed by atoms with van der Waals surface area (Å²) in [4.78, 5) is 12.4. The fourth-order valence-electron chi connectivity index (χ4n) is 2.42. The highest BCUT2D eigenvalue weighted by atomic mass is 79.9. The van der Waals surface area contributed by atoms with Gasteiger partial charge in [-0.05, 0) is 54.0 Å². The summed E-state index contributed by atoms with van der Waals surface area (Å²) in [6, 6.07) is 10.9. The number of furan rings is 1. The van der Waals surface area contributed by atoms with Gasteiger partial charge in [-0.1, -0.05) is 12.1 Å². The normalized spacial score (nSPS) is 10.7. The molecule has 3 rings (SSSR count). The standard InChI is InChI=1S/C18H18BrN3O3/c1-11-17(12(2)22(3)21-11)20-18(23)16-9-8-13(25-16)10-24-15-7-5-4-6-14(15)19/h4-9H,10H2,1-3H3,(H,20,23). The highest BCUT2D eigenvalue weighted by Gasteiger charge is 2.16. The summed E-state index contributed by atoms with van der Waals surface area (Å²) in [7, 11) is 1.84. The molecule has 0 radical (unpaired) electrons. The van der Waals surface area contributed by atoms with Gasteiger partial charge in [-0.25, -0.2) is 0 Å². The van der Waals surface area contributed by atoms with Gasteiger partial charge in [-0.15, -0.1) is 0 Å². The van der Waals surface area contributed by atoms with Crippen molar-refractivity contribution in [2.45, 2.75) is 20.5 Å². The van der Waals surface area contributed by atoms with E-state index < -0.39 is 0 Å². The molecule has 0 aliphatic heterocycles. The Labute approximate surface area is 153 Å². The Kier molecular flexibility index (Phi) is 4.94. The van der Waals surface area contributed by atoms with E-state index in [1.807, 2.05) is 45.2 Å². The highest BCUT2D eigenvalue weighted by molar-refractivity contribution is 9.10. The van der Waals surface area contributed by atoms with Gasteiger partial charge in [-0.3, -0.25) is 9.48 Å². The molecule has 3 aromatic rings. The predicted octanol–water partition coefficient (Wildman–Crippen LogP) is 4.22. The van der Waals surface area contributed by atoms with Crippen molar-refractivity contribution in [2.75, 3.05) is 5.32 Å². The van der Waals surface area contributed by atoms with Crippen LogP contribution in [-0.2, 0) is 13.7 Å². The molecular weight excluding hydrogens is 386 g/mol.